The average molecular weight is 701 g/mol. The van der Waals surface area contributed by atoms with Gasteiger partial charge in [-0.05, 0) is 153 Å². The molecule has 1 unspecified atom stereocenters. The van der Waals surface area contributed by atoms with Crippen LogP contribution in [0.3, 0.4) is 0 Å². The lowest BCUT2D eigenvalue weighted by atomic mass is 9.76. The van der Waals surface area contributed by atoms with E-state index in [0.717, 1.165) is 19.3 Å². The van der Waals surface area contributed by atoms with Crippen LogP contribution in [-0.2, 0) is 5.41 Å². The summed E-state index contributed by atoms with van der Waals surface area (Å²) in [7, 11) is 0. The van der Waals surface area contributed by atoms with Crippen molar-refractivity contribution in [2.45, 2.75) is 44.4 Å². The van der Waals surface area contributed by atoms with Gasteiger partial charge in [-0.1, -0.05) is 159 Å². The Labute approximate surface area is 322 Å². The Hall–Kier alpha value is -6.24. The van der Waals surface area contributed by atoms with E-state index in [0.29, 0.717) is 5.92 Å². The number of hydrogen-bond acceptors (Lipinski definition) is 0. The lowest BCUT2D eigenvalue weighted by Gasteiger charge is -2.27. The van der Waals surface area contributed by atoms with Gasteiger partial charge >= 0.3 is 0 Å². The summed E-state index contributed by atoms with van der Waals surface area (Å²) in [5.74, 6) is 0.297. The topological polar surface area (TPSA) is 0 Å². The van der Waals surface area contributed by atoms with Gasteiger partial charge in [0.15, 0.2) is 0 Å². The zero-order valence-electron chi connectivity index (χ0n) is 31.3. The third-order valence-electron chi connectivity index (χ3n) is 13.4. The first kappa shape index (κ1) is 31.1. The van der Waals surface area contributed by atoms with Gasteiger partial charge in [-0.25, -0.2) is 0 Å². The van der Waals surface area contributed by atoms with Gasteiger partial charge in [0, 0.05) is 11.3 Å². The predicted octanol–water partition coefficient (Wildman–Crippen LogP) is 15.2. The second-order valence-corrected chi connectivity index (χ2v) is 16.7. The first-order chi connectivity index (χ1) is 27.0. The Kier molecular flexibility index (Phi) is 6.45. The molecule has 0 heteroatoms. The highest BCUT2D eigenvalue weighted by atomic mass is 14.4. The summed E-state index contributed by atoms with van der Waals surface area (Å²) >= 11 is 0. The number of hydrogen-bond donors (Lipinski definition) is 0. The highest BCUT2D eigenvalue weighted by Gasteiger charge is 2.37. The monoisotopic (exact) mass is 700 g/mol. The molecule has 260 valence electrons. The molecular weight excluding hydrogens is 661 g/mol. The molecular formula is C55H40. The molecule has 0 N–H and O–H groups in total. The molecule has 0 saturated carbocycles. The van der Waals surface area contributed by atoms with Gasteiger partial charge in [-0.15, -0.1) is 0 Å². The van der Waals surface area contributed by atoms with Gasteiger partial charge in [-0.2, -0.15) is 0 Å². The van der Waals surface area contributed by atoms with Crippen LogP contribution >= 0.6 is 0 Å². The van der Waals surface area contributed by atoms with E-state index in [1.165, 1.54) is 115 Å². The molecule has 0 heterocycles. The van der Waals surface area contributed by atoms with E-state index >= 15 is 0 Å². The molecule has 0 aliphatic heterocycles. The number of rotatable bonds is 3. The zero-order valence-corrected chi connectivity index (χ0v) is 31.3. The minimum atomic E-state index is -0.103. The second kappa shape index (κ2) is 11.4. The summed E-state index contributed by atoms with van der Waals surface area (Å²) in [6.07, 6.45) is 13.0. The molecule has 3 aliphatic carbocycles. The molecule has 0 nitrogen and oxygen atoms in total. The zero-order chi connectivity index (χ0) is 36.4. The molecule has 1 atom stereocenters. The number of fused-ring (bicyclic) bond motifs is 6. The van der Waals surface area contributed by atoms with Crippen molar-refractivity contribution in [2.75, 3.05) is 0 Å². The molecule has 3 aliphatic rings. The van der Waals surface area contributed by atoms with Crippen LogP contribution in [0, 0.1) is 0 Å². The Morgan fingerprint density at radius 3 is 2.13 bits per heavy atom. The Bertz CT molecular complexity index is 3200. The second-order valence-electron chi connectivity index (χ2n) is 16.7. The fourth-order valence-corrected chi connectivity index (χ4v) is 10.7. The maximum Gasteiger partial charge on any atom is 0.0159 e. The Morgan fingerprint density at radius 2 is 1.22 bits per heavy atom. The summed E-state index contributed by atoms with van der Waals surface area (Å²) in [5, 5.41) is 13.3. The third kappa shape index (κ3) is 4.40. The Balaban J connectivity index is 1.18. The van der Waals surface area contributed by atoms with E-state index in [2.05, 4.69) is 178 Å². The third-order valence-corrected chi connectivity index (χ3v) is 13.4. The van der Waals surface area contributed by atoms with Crippen molar-refractivity contribution in [1.29, 1.82) is 0 Å². The summed E-state index contributed by atoms with van der Waals surface area (Å²) in [4.78, 5) is 0. The van der Waals surface area contributed by atoms with Crippen LogP contribution in [0.5, 0.6) is 0 Å². The summed E-state index contributed by atoms with van der Waals surface area (Å²) in [5.41, 5.74) is 15.2. The number of benzene rings is 9. The molecule has 0 aromatic heterocycles. The van der Waals surface area contributed by atoms with Crippen LogP contribution in [0.15, 0.2) is 175 Å². The molecule has 0 amide bonds. The molecule has 12 rings (SSSR count). The molecule has 0 fully saturated rings. The first-order valence-electron chi connectivity index (χ1n) is 20.0. The predicted molar refractivity (Wildman–Crippen MR) is 235 cm³/mol. The SMILES string of the molecule is CC1(C)c2ccccc2-c2c1cc(-c1cc(C3C=CC4=C(C=CCC4)C3)c3ccc4ccc(-c5ccc6ccccc6c5)c5ccc1c3c45)c1ccccc21. The average Bonchev–Trinajstić information content (AvgIpc) is 3.47. The van der Waals surface area contributed by atoms with Crippen molar-refractivity contribution in [1.82, 2.24) is 0 Å². The molecule has 0 spiro atoms. The highest BCUT2D eigenvalue weighted by Crippen LogP contribution is 2.55. The lowest BCUT2D eigenvalue weighted by molar-refractivity contribution is 0.661. The smallest absolute Gasteiger partial charge is 0.0159 e. The normalized spacial score (nSPS) is 17.2. The van der Waals surface area contributed by atoms with E-state index in [-0.39, 0.29) is 5.41 Å². The number of allylic oxidation sites excluding steroid dienone is 6. The summed E-state index contributed by atoms with van der Waals surface area (Å²) in [6, 6.07) is 53.4. The van der Waals surface area contributed by atoms with Gasteiger partial charge in [0.1, 0.15) is 0 Å². The van der Waals surface area contributed by atoms with E-state index < -0.39 is 0 Å². The molecule has 9 aromatic rings. The van der Waals surface area contributed by atoms with E-state index in [1.807, 2.05) is 0 Å². The van der Waals surface area contributed by atoms with E-state index in [1.54, 1.807) is 0 Å². The summed E-state index contributed by atoms with van der Waals surface area (Å²) < 4.78 is 0. The molecule has 0 saturated heterocycles. The van der Waals surface area contributed by atoms with E-state index in [9.17, 15) is 0 Å². The van der Waals surface area contributed by atoms with Gasteiger partial charge in [0.25, 0.3) is 0 Å². The largest absolute Gasteiger partial charge is 0.0839 e. The van der Waals surface area contributed by atoms with E-state index in [4.69, 9.17) is 0 Å². The first-order valence-corrected chi connectivity index (χ1v) is 20.0. The molecule has 0 bridgehead atoms. The molecule has 55 heavy (non-hydrogen) atoms. The minimum absolute atomic E-state index is 0.103. The standard InChI is InChI=1S/C55H40/c1-55(2)50-18-10-9-17-46(50)53-42-16-8-7-15-41(42)49(32-51(53)55)48-31-47(39-22-20-34-12-4-6-14-37(34)30-39)44-26-24-35-23-25-40(43-27-28-45(48)54(44)52(35)43)38-21-19-33-11-3-5-13-36(33)29-38/h3,5-11,13-29,31-32,39H,4,12,30H2,1-2H3. The van der Waals surface area contributed by atoms with Crippen LogP contribution in [0.25, 0.3) is 87.2 Å². The minimum Gasteiger partial charge on any atom is -0.0839 e. The van der Waals surface area contributed by atoms with Gasteiger partial charge < -0.3 is 0 Å². The fourth-order valence-electron chi connectivity index (χ4n) is 10.7. The van der Waals surface area contributed by atoms with Crippen LogP contribution in [0.1, 0.15) is 55.7 Å². The molecule has 0 radical (unpaired) electrons. The van der Waals surface area contributed by atoms with Crippen LogP contribution < -0.4 is 0 Å². The van der Waals surface area contributed by atoms with Crippen molar-refractivity contribution in [2.24, 2.45) is 0 Å². The fraction of sp³-hybridized carbons (Fsp3) is 0.127. The summed E-state index contributed by atoms with van der Waals surface area (Å²) in [6.45, 7) is 4.83. The van der Waals surface area contributed by atoms with Gasteiger partial charge in [0.2, 0.25) is 0 Å². The van der Waals surface area contributed by atoms with Crippen molar-refractivity contribution >= 4 is 53.9 Å². The highest BCUT2D eigenvalue weighted by molar-refractivity contribution is 6.29. The maximum atomic E-state index is 2.59. The van der Waals surface area contributed by atoms with Crippen molar-refractivity contribution in [3.8, 4) is 33.4 Å². The van der Waals surface area contributed by atoms with Crippen molar-refractivity contribution < 1.29 is 0 Å². The van der Waals surface area contributed by atoms with Gasteiger partial charge in [-0.3, -0.25) is 0 Å². The van der Waals surface area contributed by atoms with Crippen LogP contribution in [0.4, 0.5) is 0 Å². The van der Waals surface area contributed by atoms with Crippen molar-refractivity contribution in [3.63, 3.8) is 0 Å². The van der Waals surface area contributed by atoms with Crippen molar-refractivity contribution in [3.05, 3.63) is 192 Å². The lowest BCUT2D eigenvalue weighted by Crippen LogP contribution is -2.15. The van der Waals surface area contributed by atoms with Crippen LogP contribution in [-0.4, -0.2) is 0 Å². The van der Waals surface area contributed by atoms with Crippen LogP contribution in [0.2, 0.25) is 0 Å². The Morgan fingerprint density at radius 1 is 0.491 bits per heavy atom. The molecule has 9 aromatic carbocycles. The van der Waals surface area contributed by atoms with Gasteiger partial charge in [0.05, 0.1) is 0 Å². The quantitative estimate of drug-likeness (QED) is 0.161. The maximum absolute atomic E-state index is 2.59.